The molecule has 0 aromatic heterocycles. The highest BCUT2D eigenvalue weighted by atomic mass is 32.2. The average molecular weight is 289 g/mol. The lowest BCUT2D eigenvalue weighted by molar-refractivity contribution is 0.434. The monoisotopic (exact) mass is 289 g/mol. The Bertz CT molecular complexity index is 636. The van der Waals surface area contributed by atoms with Gasteiger partial charge in [-0.25, -0.2) is 8.42 Å². The van der Waals surface area contributed by atoms with Crippen LogP contribution in [0.15, 0.2) is 40.8 Å². The van der Waals surface area contributed by atoms with Crippen LogP contribution in [0, 0.1) is 19.3 Å². The van der Waals surface area contributed by atoms with Gasteiger partial charge in [0.2, 0.25) is 10.0 Å². The first-order valence-electron chi connectivity index (χ1n) is 6.72. The number of sulfonamides is 1. The van der Waals surface area contributed by atoms with Crippen molar-refractivity contribution in [2.45, 2.75) is 31.1 Å². The highest BCUT2D eigenvalue weighted by molar-refractivity contribution is 7.89. The van der Waals surface area contributed by atoms with Gasteiger partial charge in [-0.15, -0.1) is 12.3 Å². The van der Waals surface area contributed by atoms with E-state index < -0.39 is 10.0 Å². The fraction of sp³-hybridized carbons (Fsp3) is 0.375. The molecule has 1 aromatic rings. The predicted octanol–water partition coefficient (Wildman–Crippen LogP) is 2.73. The molecule has 0 heterocycles. The molecule has 3 nitrogen and oxygen atoms in total. The molecular weight excluding hydrogens is 270 g/mol. The summed E-state index contributed by atoms with van der Waals surface area (Å²) in [7, 11) is -3.46. The van der Waals surface area contributed by atoms with Crippen LogP contribution in [0.3, 0.4) is 0 Å². The Morgan fingerprint density at radius 1 is 1.30 bits per heavy atom. The molecule has 0 radical (unpaired) electrons. The number of benzene rings is 1. The van der Waals surface area contributed by atoms with Gasteiger partial charge in [0.05, 0.1) is 4.90 Å². The zero-order valence-corrected chi connectivity index (χ0v) is 12.5. The van der Waals surface area contributed by atoms with Crippen LogP contribution < -0.4 is 0 Å². The van der Waals surface area contributed by atoms with Crippen LogP contribution in [0.5, 0.6) is 0 Å². The second kappa shape index (κ2) is 6.25. The number of rotatable bonds is 6. The minimum Gasteiger partial charge on any atom is -0.207 e. The molecule has 0 atom stereocenters. The number of hydrogen-bond acceptors (Lipinski definition) is 2. The van der Waals surface area contributed by atoms with E-state index in [0.29, 0.717) is 24.4 Å². The molecular formula is C16H19NO2S. The van der Waals surface area contributed by atoms with Gasteiger partial charge in [-0.2, -0.15) is 4.31 Å². The molecule has 0 N–H and O–H groups in total. The van der Waals surface area contributed by atoms with E-state index in [-0.39, 0.29) is 0 Å². The van der Waals surface area contributed by atoms with Crippen LogP contribution in [0.4, 0.5) is 0 Å². The fourth-order valence-corrected chi connectivity index (χ4v) is 3.50. The number of aryl methyl sites for hydroxylation is 1. The van der Waals surface area contributed by atoms with E-state index in [4.69, 9.17) is 6.42 Å². The molecule has 4 heteroatoms. The molecule has 2 rings (SSSR count). The first-order valence-corrected chi connectivity index (χ1v) is 8.16. The van der Waals surface area contributed by atoms with Crippen molar-refractivity contribution in [1.82, 2.24) is 4.31 Å². The van der Waals surface area contributed by atoms with E-state index in [1.165, 1.54) is 9.88 Å². The van der Waals surface area contributed by atoms with Crippen molar-refractivity contribution in [2.75, 3.05) is 13.1 Å². The summed E-state index contributed by atoms with van der Waals surface area (Å²) in [5.41, 5.74) is 2.22. The molecule has 1 aliphatic rings. The van der Waals surface area contributed by atoms with Gasteiger partial charge in [0.1, 0.15) is 0 Å². The van der Waals surface area contributed by atoms with Gasteiger partial charge in [0, 0.05) is 19.5 Å². The Balaban J connectivity index is 2.25. The van der Waals surface area contributed by atoms with E-state index in [1.54, 1.807) is 12.1 Å². The molecule has 1 aromatic carbocycles. The van der Waals surface area contributed by atoms with E-state index in [9.17, 15) is 8.42 Å². The fourth-order valence-electron chi connectivity index (χ4n) is 2.05. The highest BCUT2D eigenvalue weighted by Crippen LogP contribution is 2.23. The van der Waals surface area contributed by atoms with E-state index >= 15 is 0 Å². The zero-order chi connectivity index (χ0) is 14.6. The lowest BCUT2D eigenvalue weighted by atomic mass is 9.99. The lowest BCUT2D eigenvalue weighted by Gasteiger charge is -2.25. The molecule has 0 unspecified atom stereocenters. The Hall–Kier alpha value is -1.57. The Kier molecular flexibility index (Phi) is 4.64. The van der Waals surface area contributed by atoms with E-state index in [0.717, 1.165) is 18.4 Å². The van der Waals surface area contributed by atoms with Crippen molar-refractivity contribution in [3.8, 4) is 12.3 Å². The van der Waals surface area contributed by atoms with Crippen molar-refractivity contribution in [3.05, 3.63) is 41.5 Å². The van der Waals surface area contributed by atoms with Crippen LogP contribution in [0.25, 0.3) is 0 Å². The summed E-state index contributed by atoms with van der Waals surface area (Å²) in [5.74, 6) is 2.51. The summed E-state index contributed by atoms with van der Waals surface area (Å²) < 4.78 is 26.8. The van der Waals surface area contributed by atoms with Crippen LogP contribution in [0.1, 0.15) is 24.8 Å². The molecule has 0 saturated carbocycles. The third kappa shape index (κ3) is 3.30. The van der Waals surface area contributed by atoms with Crippen molar-refractivity contribution < 1.29 is 8.42 Å². The lowest BCUT2D eigenvalue weighted by Crippen LogP contribution is -2.34. The maximum atomic E-state index is 12.7. The van der Waals surface area contributed by atoms with Gasteiger partial charge < -0.3 is 0 Å². The molecule has 0 spiro atoms. The summed E-state index contributed by atoms with van der Waals surface area (Å²) in [4.78, 5) is 0.333. The van der Waals surface area contributed by atoms with Crippen LogP contribution in [0.2, 0.25) is 0 Å². The van der Waals surface area contributed by atoms with Crippen LogP contribution in [-0.2, 0) is 10.0 Å². The largest absolute Gasteiger partial charge is 0.243 e. The van der Waals surface area contributed by atoms with Crippen molar-refractivity contribution in [1.29, 1.82) is 0 Å². The van der Waals surface area contributed by atoms with Crippen LogP contribution in [-0.4, -0.2) is 25.8 Å². The maximum Gasteiger partial charge on any atom is 0.243 e. The van der Waals surface area contributed by atoms with Gasteiger partial charge in [0.15, 0.2) is 0 Å². The number of hydrogen-bond donors (Lipinski definition) is 0. The molecule has 106 valence electrons. The van der Waals surface area contributed by atoms with E-state index in [2.05, 4.69) is 12.0 Å². The van der Waals surface area contributed by atoms with Crippen molar-refractivity contribution in [3.63, 3.8) is 0 Å². The molecule has 0 fully saturated rings. The smallest absolute Gasteiger partial charge is 0.207 e. The number of nitrogens with zero attached hydrogens (tertiary/aromatic N) is 1. The Morgan fingerprint density at radius 3 is 2.45 bits per heavy atom. The van der Waals surface area contributed by atoms with Crippen molar-refractivity contribution >= 4 is 10.0 Å². The minimum atomic E-state index is -3.46. The second-order valence-corrected chi connectivity index (χ2v) is 6.94. The zero-order valence-electron chi connectivity index (χ0n) is 11.7. The Labute approximate surface area is 121 Å². The molecule has 0 aliphatic heterocycles. The number of terminal acetylenes is 1. The van der Waals surface area contributed by atoms with Gasteiger partial charge in [0.25, 0.3) is 0 Å². The van der Waals surface area contributed by atoms with Gasteiger partial charge in [-0.1, -0.05) is 29.3 Å². The topological polar surface area (TPSA) is 37.4 Å². The average Bonchev–Trinajstić information content (AvgIpc) is 2.37. The summed E-state index contributed by atoms with van der Waals surface area (Å²) in [6, 6.07) is 6.94. The highest BCUT2D eigenvalue weighted by Gasteiger charge is 2.25. The van der Waals surface area contributed by atoms with Crippen molar-refractivity contribution in [2.24, 2.45) is 0 Å². The summed E-state index contributed by atoms with van der Waals surface area (Å²) in [6.07, 6.45) is 9.82. The first kappa shape index (κ1) is 14.8. The molecule has 20 heavy (non-hydrogen) atoms. The van der Waals surface area contributed by atoms with Gasteiger partial charge >= 0.3 is 0 Å². The summed E-state index contributed by atoms with van der Waals surface area (Å²) in [6.45, 7) is 2.76. The normalized spacial score (nSPS) is 14.6. The second-order valence-electron chi connectivity index (χ2n) is 5.01. The quantitative estimate of drug-likeness (QED) is 0.596. The predicted molar refractivity (Wildman–Crippen MR) is 80.7 cm³/mol. The maximum absolute atomic E-state index is 12.7. The first-order chi connectivity index (χ1) is 9.54. The molecule has 0 amide bonds. The van der Waals surface area contributed by atoms with Gasteiger partial charge in [-0.3, -0.25) is 0 Å². The summed E-state index contributed by atoms with van der Waals surface area (Å²) in [5, 5.41) is 0. The third-order valence-electron chi connectivity index (χ3n) is 3.44. The number of allylic oxidation sites excluding steroid dienone is 1. The van der Waals surface area contributed by atoms with Crippen LogP contribution >= 0.6 is 0 Å². The Morgan fingerprint density at radius 2 is 1.95 bits per heavy atom. The molecule has 0 saturated heterocycles. The SMILES string of the molecule is C#CCCN(CC1=CCC1)S(=O)(=O)c1ccc(C)cc1. The van der Waals surface area contributed by atoms with E-state index in [1.807, 2.05) is 19.1 Å². The third-order valence-corrected chi connectivity index (χ3v) is 5.30. The van der Waals surface area contributed by atoms with Gasteiger partial charge in [-0.05, 0) is 31.9 Å². The molecule has 1 aliphatic carbocycles. The minimum absolute atomic E-state index is 0.333. The standard InChI is InChI=1S/C16H19NO2S/c1-3-4-12-17(13-15-6-5-7-15)20(18,19)16-10-8-14(2)9-11-16/h1,6,8-11H,4-5,7,12-13H2,2H3. The molecule has 0 bridgehead atoms. The summed E-state index contributed by atoms with van der Waals surface area (Å²) >= 11 is 0.